The van der Waals surface area contributed by atoms with Gasteiger partial charge < -0.3 is 10.5 Å². The topological polar surface area (TPSA) is 53.1 Å². The van der Waals surface area contributed by atoms with Gasteiger partial charge in [0.2, 0.25) is 0 Å². The predicted molar refractivity (Wildman–Crippen MR) is 64.3 cm³/mol. The molecule has 0 aliphatic rings. The number of anilines is 1. The van der Waals surface area contributed by atoms with E-state index in [4.69, 9.17) is 10.5 Å². The molecule has 90 valence electrons. The van der Waals surface area contributed by atoms with E-state index in [1.807, 2.05) is 0 Å². The van der Waals surface area contributed by atoms with Crippen LogP contribution in [0.4, 0.5) is 10.2 Å². The minimum atomic E-state index is -0.288. The van der Waals surface area contributed by atoms with Gasteiger partial charge >= 0.3 is 0 Å². The van der Waals surface area contributed by atoms with E-state index >= 15 is 0 Å². The number of aryl methyl sites for hydroxylation is 1. The molecule has 0 aliphatic carbocycles. The van der Waals surface area contributed by atoms with Crippen molar-refractivity contribution in [2.75, 3.05) is 12.8 Å². The van der Waals surface area contributed by atoms with Gasteiger partial charge in [-0.25, -0.2) is 4.39 Å². The van der Waals surface area contributed by atoms with Gasteiger partial charge in [0, 0.05) is 18.2 Å². The van der Waals surface area contributed by atoms with Crippen LogP contribution in [0.3, 0.4) is 0 Å². The third-order valence-corrected chi connectivity index (χ3v) is 2.83. The van der Waals surface area contributed by atoms with Crippen molar-refractivity contribution in [1.82, 2.24) is 9.78 Å². The highest BCUT2D eigenvalue weighted by atomic mass is 19.1. The molecule has 0 spiro atoms. The lowest BCUT2D eigenvalue weighted by molar-refractivity contribution is 0.415. The molecule has 2 N–H and O–H groups in total. The van der Waals surface area contributed by atoms with E-state index in [0.717, 1.165) is 0 Å². The van der Waals surface area contributed by atoms with Crippen molar-refractivity contribution in [2.45, 2.75) is 6.92 Å². The molecule has 17 heavy (non-hydrogen) atoms. The summed E-state index contributed by atoms with van der Waals surface area (Å²) in [5.41, 5.74) is 7.74. The first kappa shape index (κ1) is 11.4. The van der Waals surface area contributed by atoms with E-state index in [0.29, 0.717) is 28.3 Å². The fourth-order valence-electron chi connectivity index (χ4n) is 1.81. The Kier molecular flexibility index (Phi) is 2.75. The lowest BCUT2D eigenvalue weighted by Gasteiger charge is -2.11. The molecule has 0 bridgehead atoms. The maximum atomic E-state index is 13.6. The summed E-state index contributed by atoms with van der Waals surface area (Å²) in [6, 6.07) is 2.97. The summed E-state index contributed by atoms with van der Waals surface area (Å²) < 4.78 is 20.4. The van der Waals surface area contributed by atoms with Crippen LogP contribution in [0.15, 0.2) is 18.3 Å². The average molecular weight is 235 g/mol. The molecule has 2 aromatic rings. The largest absolute Gasteiger partial charge is 0.496 e. The molecule has 1 aromatic heterocycles. The maximum Gasteiger partial charge on any atom is 0.129 e. The normalized spacial score (nSPS) is 10.6. The second-order valence-corrected chi connectivity index (χ2v) is 3.82. The zero-order chi connectivity index (χ0) is 12.6. The van der Waals surface area contributed by atoms with Crippen molar-refractivity contribution >= 4 is 5.82 Å². The molecular formula is C12H14FN3O. The number of nitrogens with two attached hydrogens (primary N) is 1. The first-order chi connectivity index (χ1) is 8.06. The average Bonchev–Trinajstić information content (AvgIpc) is 2.64. The summed E-state index contributed by atoms with van der Waals surface area (Å²) >= 11 is 0. The van der Waals surface area contributed by atoms with Gasteiger partial charge in [-0.3, -0.25) is 4.68 Å². The van der Waals surface area contributed by atoms with Crippen LogP contribution in [0.2, 0.25) is 0 Å². The molecule has 0 unspecified atom stereocenters. The smallest absolute Gasteiger partial charge is 0.129 e. The molecule has 1 aromatic carbocycles. The molecule has 0 atom stereocenters. The summed E-state index contributed by atoms with van der Waals surface area (Å²) in [6.45, 7) is 1.69. The van der Waals surface area contributed by atoms with Gasteiger partial charge in [0.05, 0.1) is 13.3 Å². The summed E-state index contributed by atoms with van der Waals surface area (Å²) in [5, 5.41) is 4.05. The summed E-state index contributed by atoms with van der Waals surface area (Å²) in [6.07, 6.45) is 1.61. The zero-order valence-corrected chi connectivity index (χ0v) is 9.99. The Balaban J connectivity index is 2.73. The minimum Gasteiger partial charge on any atom is -0.496 e. The molecule has 0 saturated heterocycles. The molecule has 0 amide bonds. The van der Waals surface area contributed by atoms with Crippen molar-refractivity contribution in [1.29, 1.82) is 0 Å². The Morgan fingerprint density at radius 2 is 2.12 bits per heavy atom. The molecule has 0 aliphatic heterocycles. The first-order valence-electron chi connectivity index (χ1n) is 5.17. The van der Waals surface area contributed by atoms with E-state index in [1.54, 1.807) is 38.0 Å². The molecular weight excluding hydrogens is 221 g/mol. The van der Waals surface area contributed by atoms with E-state index < -0.39 is 0 Å². The van der Waals surface area contributed by atoms with E-state index in [2.05, 4.69) is 5.10 Å². The number of nitrogens with zero attached hydrogens (tertiary/aromatic N) is 2. The Morgan fingerprint density at radius 3 is 2.65 bits per heavy atom. The highest BCUT2D eigenvalue weighted by Gasteiger charge is 2.17. The van der Waals surface area contributed by atoms with Crippen LogP contribution in [-0.4, -0.2) is 16.9 Å². The van der Waals surface area contributed by atoms with Crippen molar-refractivity contribution in [3.05, 3.63) is 29.7 Å². The maximum absolute atomic E-state index is 13.6. The highest BCUT2D eigenvalue weighted by Crippen LogP contribution is 2.37. The van der Waals surface area contributed by atoms with Crippen LogP contribution >= 0.6 is 0 Å². The highest BCUT2D eigenvalue weighted by molar-refractivity contribution is 5.80. The van der Waals surface area contributed by atoms with Crippen LogP contribution < -0.4 is 10.5 Å². The lowest BCUT2D eigenvalue weighted by atomic mass is 10.0. The first-order valence-corrected chi connectivity index (χ1v) is 5.17. The van der Waals surface area contributed by atoms with Crippen molar-refractivity contribution < 1.29 is 9.13 Å². The van der Waals surface area contributed by atoms with Crippen molar-refractivity contribution in [2.24, 2.45) is 7.05 Å². The molecule has 0 radical (unpaired) electrons. The Morgan fingerprint density at radius 1 is 1.41 bits per heavy atom. The summed E-state index contributed by atoms with van der Waals surface area (Å²) in [4.78, 5) is 0. The van der Waals surface area contributed by atoms with Crippen LogP contribution in [0.25, 0.3) is 11.1 Å². The fourth-order valence-corrected chi connectivity index (χ4v) is 1.81. The zero-order valence-electron chi connectivity index (χ0n) is 9.99. The van der Waals surface area contributed by atoms with E-state index in [9.17, 15) is 4.39 Å². The number of benzene rings is 1. The third kappa shape index (κ3) is 1.73. The molecule has 1 heterocycles. The summed E-state index contributed by atoms with van der Waals surface area (Å²) in [7, 11) is 3.28. The molecule has 0 saturated carbocycles. The van der Waals surface area contributed by atoms with Gasteiger partial charge in [0.1, 0.15) is 17.4 Å². The SMILES string of the molecule is COc1ccc(F)c(C)c1-c1cnn(C)c1N. The van der Waals surface area contributed by atoms with Gasteiger partial charge in [-0.05, 0) is 24.6 Å². The number of hydrogen-bond donors (Lipinski definition) is 1. The van der Waals surface area contributed by atoms with Crippen LogP contribution in [-0.2, 0) is 7.05 Å². The van der Waals surface area contributed by atoms with Crippen LogP contribution in [0.5, 0.6) is 5.75 Å². The number of aromatic nitrogens is 2. The number of hydrogen-bond acceptors (Lipinski definition) is 3. The van der Waals surface area contributed by atoms with Gasteiger partial charge in [0.15, 0.2) is 0 Å². The molecule has 2 rings (SSSR count). The van der Waals surface area contributed by atoms with E-state index in [-0.39, 0.29) is 5.82 Å². The van der Waals surface area contributed by atoms with Crippen molar-refractivity contribution in [3.63, 3.8) is 0 Å². The van der Waals surface area contributed by atoms with Gasteiger partial charge in [0.25, 0.3) is 0 Å². The van der Waals surface area contributed by atoms with Crippen LogP contribution in [0.1, 0.15) is 5.56 Å². The molecule has 5 heteroatoms. The van der Waals surface area contributed by atoms with Gasteiger partial charge in [-0.2, -0.15) is 5.10 Å². The van der Waals surface area contributed by atoms with Crippen molar-refractivity contribution in [3.8, 4) is 16.9 Å². The second-order valence-electron chi connectivity index (χ2n) is 3.82. The lowest BCUT2D eigenvalue weighted by Crippen LogP contribution is -2.00. The Hall–Kier alpha value is -2.04. The number of ether oxygens (including phenoxy) is 1. The third-order valence-electron chi connectivity index (χ3n) is 2.83. The molecule has 0 fully saturated rings. The van der Waals surface area contributed by atoms with E-state index in [1.165, 1.54) is 6.07 Å². The quantitative estimate of drug-likeness (QED) is 0.867. The molecule has 4 nitrogen and oxygen atoms in total. The summed E-state index contributed by atoms with van der Waals surface area (Å²) in [5.74, 6) is 0.782. The Labute approximate surface area is 98.8 Å². The Bertz CT molecular complexity index is 563. The van der Waals surface area contributed by atoms with Crippen LogP contribution in [0, 0.1) is 12.7 Å². The number of rotatable bonds is 2. The fraction of sp³-hybridized carbons (Fsp3) is 0.250. The predicted octanol–water partition coefficient (Wildman–Crippen LogP) is 2.13. The van der Waals surface area contributed by atoms with Gasteiger partial charge in [-0.1, -0.05) is 0 Å². The van der Waals surface area contributed by atoms with Gasteiger partial charge in [-0.15, -0.1) is 0 Å². The monoisotopic (exact) mass is 235 g/mol. The number of nitrogen functional groups attached to an aromatic ring is 1. The minimum absolute atomic E-state index is 0.288. The second kappa shape index (κ2) is 4.08. The number of methoxy groups -OCH3 is 1. The standard InChI is InChI=1S/C12H14FN3O/c1-7-9(13)4-5-10(17-3)11(7)8-6-15-16(2)12(8)14/h4-6H,14H2,1-3H3. The number of halogens is 1.